The second-order valence-electron chi connectivity index (χ2n) is 5.14. The highest BCUT2D eigenvalue weighted by molar-refractivity contribution is 5.89. The van der Waals surface area contributed by atoms with E-state index in [0.717, 1.165) is 19.3 Å². The topological polar surface area (TPSA) is 61.2 Å². The van der Waals surface area contributed by atoms with E-state index in [1.165, 1.54) is 0 Å². The summed E-state index contributed by atoms with van der Waals surface area (Å²) < 4.78 is 6.82. The first-order valence-electron chi connectivity index (χ1n) is 7.04. The van der Waals surface area contributed by atoms with Crippen LogP contribution in [0.2, 0.25) is 0 Å². The molecule has 0 amide bonds. The Morgan fingerprint density at radius 2 is 2.00 bits per heavy atom. The Morgan fingerprint density at radius 1 is 1.24 bits per heavy atom. The quantitative estimate of drug-likeness (QED) is 0.808. The number of carbonyl (C=O) groups excluding carboxylic acids is 1. The smallest absolute Gasteiger partial charge is 0.348 e. The molecular weight excluding hydrogens is 268 g/mol. The average Bonchev–Trinajstić information content (AvgIpc) is 2.46. The third-order valence-electron chi connectivity index (χ3n) is 3.72. The van der Waals surface area contributed by atoms with Crippen LogP contribution >= 0.6 is 0 Å². The molecule has 1 aromatic heterocycles. The molecule has 21 heavy (non-hydrogen) atoms. The van der Waals surface area contributed by atoms with Gasteiger partial charge in [0.1, 0.15) is 6.61 Å². The van der Waals surface area contributed by atoms with E-state index in [1.54, 1.807) is 41.1 Å². The van der Waals surface area contributed by atoms with E-state index in [9.17, 15) is 9.59 Å². The van der Waals surface area contributed by atoms with Gasteiger partial charge in [0.15, 0.2) is 0 Å². The van der Waals surface area contributed by atoms with Gasteiger partial charge in [0.05, 0.1) is 11.3 Å². The number of esters is 1. The molecular formula is C16H16N2O3. The zero-order valence-corrected chi connectivity index (χ0v) is 11.6. The fourth-order valence-electron chi connectivity index (χ4n) is 2.27. The molecule has 1 aliphatic carbocycles. The van der Waals surface area contributed by atoms with Crippen LogP contribution in [0.1, 0.15) is 41.4 Å². The van der Waals surface area contributed by atoms with Gasteiger partial charge in [-0.3, -0.25) is 4.57 Å². The number of carbonyl (C=O) groups is 1. The molecule has 2 aromatic rings. The molecule has 0 spiro atoms. The second-order valence-corrected chi connectivity index (χ2v) is 5.14. The van der Waals surface area contributed by atoms with Gasteiger partial charge < -0.3 is 4.74 Å². The summed E-state index contributed by atoms with van der Waals surface area (Å²) in [5, 5.41) is 0. The third kappa shape index (κ3) is 3.02. The summed E-state index contributed by atoms with van der Waals surface area (Å²) in [5.41, 5.74) is 0.688. The van der Waals surface area contributed by atoms with Gasteiger partial charge in [-0.25, -0.2) is 9.59 Å². The number of hydrogen-bond donors (Lipinski definition) is 0. The highest BCUT2D eigenvalue weighted by atomic mass is 16.5. The molecule has 3 rings (SSSR count). The van der Waals surface area contributed by atoms with Crippen LogP contribution in [0.3, 0.4) is 0 Å². The number of aromatic nitrogens is 2. The summed E-state index contributed by atoms with van der Waals surface area (Å²) in [6.45, 7) is 0.00841. The molecule has 1 heterocycles. The number of hydrogen-bond acceptors (Lipinski definition) is 4. The molecule has 5 nitrogen and oxygen atoms in total. The Balaban J connectivity index is 1.64. The Labute approximate surface area is 122 Å². The maximum absolute atomic E-state index is 11.9. The van der Waals surface area contributed by atoms with Crippen molar-refractivity contribution in [2.75, 3.05) is 0 Å². The fourth-order valence-corrected chi connectivity index (χ4v) is 2.27. The van der Waals surface area contributed by atoms with Crippen molar-refractivity contribution < 1.29 is 9.53 Å². The second kappa shape index (κ2) is 5.91. The molecule has 108 valence electrons. The molecule has 1 saturated carbocycles. The standard InChI is InChI=1S/C16H16N2O3/c19-15(12-5-2-1-3-6-12)21-11-13-9-10-18(16(20)17-13)14-7-4-8-14/h1-3,5-6,9-10,14H,4,7-8,11H2. The predicted octanol–water partition coefficient (Wildman–Crippen LogP) is 2.33. The van der Waals surface area contributed by atoms with Gasteiger partial charge in [-0.1, -0.05) is 18.2 Å². The lowest BCUT2D eigenvalue weighted by Gasteiger charge is -2.26. The average molecular weight is 284 g/mol. The van der Waals surface area contributed by atoms with Crippen molar-refractivity contribution in [3.63, 3.8) is 0 Å². The van der Waals surface area contributed by atoms with Crippen LogP contribution in [-0.2, 0) is 11.3 Å². The lowest BCUT2D eigenvalue weighted by molar-refractivity contribution is 0.0467. The molecule has 0 saturated heterocycles. The molecule has 1 aromatic carbocycles. The Bertz CT molecular complexity index is 690. The van der Waals surface area contributed by atoms with Crippen molar-refractivity contribution in [1.82, 2.24) is 9.55 Å². The van der Waals surface area contributed by atoms with Gasteiger partial charge in [0.2, 0.25) is 0 Å². The maximum Gasteiger partial charge on any atom is 0.348 e. The SMILES string of the molecule is O=C(OCc1ccn(C2CCC2)c(=O)n1)c1ccccc1. The zero-order chi connectivity index (χ0) is 14.7. The Hall–Kier alpha value is -2.43. The first kappa shape index (κ1) is 13.5. The van der Waals surface area contributed by atoms with E-state index in [1.807, 2.05) is 6.07 Å². The molecule has 0 bridgehead atoms. The van der Waals surface area contributed by atoms with E-state index in [2.05, 4.69) is 4.98 Å². The fraction of sp³-hybridized carbons (Fsp3) is 0.312. The van der Waals surface area contributed by atoms with Crippen LogP contribution in [0.15, 0.2) is 47.4 Å². The third-order valence-corrected chi connectivity index (χ3v) is 3.72. The largest absolute Gasteiger partial charge is 0.456 e. The molecule has 0 N–H and O–H groups in total. The number of ether oxygens (including phenoxy) is 1. The monoisotopic (exact) mass is 284 g/mol. The van der Waals surface area contributed by atoms with Crippen molar-refractivity contribution in [3.8, 4) is 0 Å². The van der Waals surface area contributed by atoms with E-state index in [4.69, 9.17) is 4.74 Å². The molecule has 0 radical (unpaired) electrons. The Kier molecular flexibility index (Phi) is 3.81. The minimum absolute atomic E-state index is 0.00841. The first-order chi connectivity index (χ1) is 10.2. The van der Waals surface area contributed by atoms with Gasteiger partial charge in [-0.05, 0) is 37.5 Å². The van der Waals surface area contributed by atoms with Gasteiger partial charge in [-0.15, -0.1) is 0 Å². The summed E-state index contributed by atoms with van der Waals surface area (Å²) >= 11 is 0. The summed E-state index contributed by atoms with van der Waals surface area (Å²) in [5.74, 6) is -0.416. The number of nitrogens with zero attached hydrogens (tertiary/aromatic N) is 2. The molecule has 1 aliphatic rings. The minimum atomic E-state index is -0.416. The summed E-state index contributed by atoms with van der Waals surface area (Å²) in [6, 6.07) is 10.8. The van der Waals surface area contributed by atoms with Crippen LogP contribution < -0.4 is 5.69 Å². The summed E-state index contributed by atoms with van der Waals surface area (Å²) in [6.07, 6.45) is 4.96. The van der Waals surface area contributed by atoms with E-state index in [-0.39, 0.29) is 18.3 Å². The number of benzene rings is 1. The van der Waals surface area contributed by atoms with Gasteiger partial charge in [0, 0.05) is 12.2 Å². The van der Waals surface area contributed by atoms with Gasteiger partial charge in [0.25, 0.3) is 0 Å². The maximum atomic E-state index is 11.9. The van der Waals surface area contributed by atoms with Crippen molar-refractivity contribution >= 4 is 5.97 Å². The molecule has 0 aliphatic heterocycles. The predicted molar refractivity (Wildman–Crippen MR) is 76.9 cm³/mol. The van der Waals surface area contributed by atoms with Crippen LogP contribution in [0.25, 0.3) is 0 Å². The van der Waals surface area contributed by atoms with E-state index >= 15 is 0 Å². The normalized spacial score (nSPS) is 14.5. The van der Waals surface area contributed by atoms with Crippen molar-refractivity contribution in [1.29, 1.82) is 0 Å². The highest BCUT2D eigenvalue weighted by Gasteiger charge is 2.20. The molecule has 0 unspecified atom stereocenters. The van der Waals surface area contributed by atoms with Crippen LogP contribution in [0, 0.1) is 0 Å². The van der Waals surface area contributed by atoms with E-state index in [0.29, 0.717) is 11.3 Å². The first-order valence-corrected chi connectivity index (χ1v) is 7.04. The van der Waals surface area contributed by atoms with Crippen molar-refractivity contribution in [2.24, 2.45) is 0 Å². The highest BCUT2D eigenvalue weighted by Crippen LogP contribution is 2.29. The molecule has 1 fully saturated rings. The summed E-state index contributed by atoms with van der Waals surface area (Å²) in [7, 11) is 0. The van der Waals surface area contributed by atoms with Gasteiger partial charge >= 0.3 is 11.7 Å². The lowest BCUT2D eigenvalue weighted by atomic mass is 9.93. The molecule has 0 atom stereocenters. The molecule has 5 heteroatoms. The van der Waals surface area contributed by atoms with Crippen LogP contribution in [-0.4, -0.2) is 15.5 Å². The van der Waals surface area contributed by atoms with Crippen molar-refractivity contribution in [2.45, 2.75) is 31.9 Å². The zero-order valence-electron chi connectivity index (χ0n) is 11.6. The van der Waals surface area contributed by atoms with Crippen LogP contribution in [0.4, 0.5) is 0 Å². The lowest BCUT2D eigenvalue weighted by Crippen LogP contribution is -2.31. The van der Waals surface area contributed by atoms with Gasteiger partial charge in [-0.2, -0.15) is 4.98 Å². The van der Waals surface area contributed by atoms with Crippen LogP contribution in [0.5, 0.6) is 0 Å². The minimum Gasteiger partial charge on any atom is -0.456 e. The summed E-state index contributed by atoms with van der Waals surface area (Å²) in [4.78, 5) is 27.7. The number of rotatable bonds is 4. The van der Waals surface area contributed by atoms with Crippen molar-refractivity contribution in [3.05, 3.63) is 64.3 Å². The van der Waals surface area contributed by atoms with E-state index < -0.39 is 5.97 Å². The Morgan fingerprint density at radius 3 is 2.62 bits per heavy atom.